The Balaban J connectivity index is 0. The number of rotatable bonds is 3. The van der Waals surface area contributed by atoms with Crippen molar-refractivity contribution in [1.82, 2.24) is 0 Å². The average molecular weight is 168 g/mol. The smallest absolute Gasteiger partial charge is 0.330 e. The van der Waals surface area contributed by atoms with Crippen molar-refractivity contribution in [3.05, 3.63) is 37.0 Å². The van der Waals surface area contributed by atoms with Gasteiger partial charge in [-0.15, -0.1) is 0 Å². The van der Waals surface area contributed by atoms with Gasteiger partial charge in [0.05, 0.1) is 0 Å². The molecule has 0 radical (unpaired) electrons. The molecule has 0 aliphatic carbocycles. The number of carbonyl (C=O) groups is 1. The van der Waals surface area contributed by atoms with E-state index in [9.17, 15) is 4.79 Å². The molecule has 68 valence electrons. The predicted octanol–water partition coefficient (Wildman–Crippen LogP) is 2.79. The van der Waals surface area contributed by atoms with Gasteiger partial charge < -0.3 is 5.11 Å². The number of allylic oxidation sites excluding steroid dienone is 3. The molecule has 0 fully saturated rings. The first kappa shape index (κ1) is 13.3. The minimum Gasteiger partial charge on any atom is -0.478 e. The first-order valence-corrected chi connectivity index (χ1v) is 3.73. The lowest BCUT2D eigenvalue weighted by Crippen LogP contribution is -1.94. The molecule has 0 unspecified atom stereocenters. The number of carboxylic acids is 1. The first-order chi connectivity index (χ1) is 5.59. The van der Waals surface area contributed by atoms with Crippen LogP contribution < -0.4 is 0 Å². The second kappa shape index (κ2) is 9.69. The normalized spacial score (nSPS) is 9.33. The van der Waals surface area contributed by atoms with Gasteiger partial charge in [-0.2, -0.15) is 0 Å². The van der Waals surface area contributed by atoms with Gasteiger partial charge >= 0.3 is 5.97 Å². The number of hydrogen-bond acceptors (Lipinski definition) is 1. The van der Waals surface area contributed by atoms with Crippen molar-refractivity contribution in [2.24, 2.45) is 0 Å². The third kappa shape index (κ3) is 11.5. The highest BCUT2D eigenvalue weighted by Crippen LogP contribution is 1.92. The second-order valence-electron chi connectivity index (χ2n) is 2.07. The lowest BCUT2D eigenvalue weighted by atomic mass is 10.2. The minimum absolute atomic E-state index is 0.424. The average Bonchev–Trinajstić information content (AvgIpc) is 2.05. The fourth-order valence-corrected chi connectivity index (χ4v) is 0.393. The molecule has 0 saturated carbocycles. The SMILES string of the molecule is C=CC=C.CCC=C(C)C(=O)O. The Morgan fingerprint density at radius 1 is 1.42 bits per heavy atom. The van der Waals surface area contributed by atoms with E-state index in [1.54, 1.807) is 25.2 Å². The Hall–Kier alpha value is -1.31. The van der Waals surface area contributed by atoms with E-state index in [4.69, 9.17) is 5.11 Å². The summed E-state index contributed by atoms with van der Waals surface area (Å²) in [7, 11) is 0. The van der Waals surface area contributed by atoms with Crippen LogP contribution >= 0.6 is 0 Å². The monoisotopic (exact) mass is 168 g/mol. The Morgan fingerprint density at radius 2 is 1.83 bits per heavy atom. The molecule has 2 heteroatoms. The van der Waals surface area contributed by atoms with Crippen molar-refractivity contribution in [3.63, 3.8) is 0 Å². The molecule has 0 aliphatic rings. The molecule has 0 heterocycles. The maximum atomic E-state index is 10.0. The van der Waals surface area contributed by atoms with Gasteiger partial charge in [0.15, 0.2) is 0 Å². The fourth-order valence-electron chi connectivity index (χ4n) is 0.393. The van der Waals surface area contributed by atoms with E-state index in [0.29, 0.717) is 5.57 Å². The summed E-state index contributed by atoms with van der Waals surface area (Å²) in [6, 6.07) is 0. The van der Waals surface area contributed by atoms with Gasteiger partial charge in [0, 0.05) is 5.57 Å². The Labute approximate surface area is 73.9 Å². The lowest BCUT2D eigenvalue weighted by molar-refractivity contribution is -0.132. The first-order valence-electron chi connectivity index (χ1n) is 3.73. The van der Waals surface area contributed by atoms with E-state index in [0.717, 1.165) is 6.42 Å². The molecule has 0 aromatic carbocycles. The summed E-state index contributed by atoms with van der Waals surface area (Å²) in [4.78, 5) is 10.0. The van der Waals surface area contributed by atoms with Crippen LogP contribution in [-0.2, 0) is 4.79 Å². The zero-order valence-corrected chi connectivity index (χ0v) is 7.71. The van der Waals surface area contributed by atoms with Crippen molar-refractivity contribution in [2.75, 3.05) is 0 Å². The van der Waals surface area contributed by atoms with Crippen molar-refractivity contribution in [1.29, 1.82) is 0 Å². The van der Waals surface area contributed by atoms with E-state index in [1.165, 1.54) is 0 Å². The summed E-state index contributed by atoms with van der Waals surface area (Å²) in [6.07, 6.45) is 5.75. The zero-order valence-electron chi connectivity index (χ0n) is 7.71. The van der Waals surface area contributed by atoms with E-state index in [-0.39, 0.29) is 0 Å². The molecule has 0 aliphatic heterocycles. The van der Waals surface area contributed by atoms with E-state index in [1.807, 2.05) is 6.92 Å². The molecule has 0 saturated heterocycles. The highest BCUT2D eigenvalue weighted by Gasteiger charge is 1.94. The van der Waals surface area contributed by atoms with Gasteiger partial charge in [0.1, 0.15) is 0 Å². The second-order valence-corrected chi connectivity index (χ2v) is 2.07. The maximum Gasteiger partial charge on any atom is 0.330 e. The summed E-state index contributed by atoms with van der Waals surface area (Å²) in [6.45, 7) is 10.2. The van der Waals surface area contributed by atoms with Crippen molar-refractivity contribution in [2.45, 2.75) is 20.3 Å². The summed E-state index contributed by atoms with van der Waals surface area (Å²) < 4.78 is 0. The van der Waals surface area contributed by atoms with Crippen LogP contribution in [0.25, 0.3) is 0 Å². The van der Waals surface area contributed by atoms with E-state index >= 15 is 0 Å². The fraction of sp³-hybridized carbons (Fsp3) is 0.300. The summed E-state index contributed by atoms with van der Waals surface area (Å²) in [5.41, 5.74) is 0.424. The maximum absolute atomic E-state index is 10.0. The highest BCUT2D eigenvalue weighted by atomic mass is 16.4. The molecule has 0 aromatic heterocycles. The highest BCUT2D eigenvalue weighted by molar-refractivity contribution is 5.85. The number of hydrogen-bond donors (Lipinski definition) is 1. The van der Waals surface area contributed by atoms with Gasteiger partial charge in [-0.3, -0.25) is 0 Å². The molecule has 0 spiro atoms. The molecule has 0 bridgehead atoms. The predicted molar refractivity (Wildman–Crippen MR) is 52.1 cm³/mol. The molecule has 0 rings (SSSR count). The molecule has 2 nitrogen and oxygen atoms in total. The minimum atomic E-state index is -0.827. The van der Waals surface area contributed by atoms with Crippen LogP contribution in [0.3, 0.4) is 0 Å². The molecule has 0 atom stereocenters. The Morgan fingerprint density at radius 3 is 1.92 bits per heavy atom. The van der Waals surface area contributed by atoms with Crippen LogP contribution in [0.5, 0.6) is 0 Å². The third-order valence-electron chi connectivity index (χ3n) is 1.01. The van der Waals surface area contributed by atoms with Crippen LogP contribution in [-0.4, -0.2) is 11.1 Å². The van der Waals surface area contributed by atoms with Crippen LogP contribution in [0.4, 0.5) is 0 Å². The van der Waals surface area contributed by atoms with Gasteiger partial charge in [0.2, 0.25) is 0 Å². The van der Waals surface area contributed by atoms with Gasteiger partial charge in [-0.1, -0.05) is 38.3 Å². The topological polar surface area (TPSA) is 37.3 Å². The van der Waals surface area contributed by atoms with Gasteiger partial charge in [0.25, 0.3) is 0 Å². The van der Waals surface area contributed by atoms with Crippen molar-refractivity contribution >= 4 is 5.97 Å². The van der Waals surface area contributed by atoms with Crippen LogP contribution in [0.15, 0.2) is 37.0 Å². The largest absolute Gasteiger partial charge is 0.478 e. The van der Waals surface area contributed by atoms with Crippen molar-refractivity contribution < 1.29 is 9.90 Å². The molecule has 0 aromatic rings. The standard InChI is InChI=1S/C6H10O2.C4H6/c1-3-4-5(2)6(7)8;1-3-4-2/h4H,3H2,1-2H3,(H,7,8);3-4H,1-2H2. The van der Waals surface area contributed by atoms with Gasteiger partial charge in [-0.05, 0) is 13.3 Å². The Bertz CT molecular complexity index is 172. The number of carboxylic acid groups (broad SMARTS) is 1. The van der Waals surface area contributed by atoms with Crippen LogP contribution in [0.2, 0.25) is 0 Å². The third-order valence-corrected chi connectivity index (χ3v) is 1.01. The number of aliphatic carboxylic acids is 1. The summed E-state index contributed by atoms with van der Waals surface area (Å²) in [5.74, 6) is -0.827. The quantitative estimate of drug-likeness (QED) is 0.519. The van der Waals surface area contributed by atoms with E-state index in [2.05, 4.69) is 13.2 Å². The molecule has 1 N–H and O–H groups in total. The van der Waals surface area contributed by atoms with E-state index < -0.39 is 5.97 Å². The molecule has 12 heavy (non-hydrogen) atoms. The van der Waals surface area contributed by atoms with Crippen molar-refractivity contribution in [3.8, 4) is 0 Å². The van der Waals surface area contributed by atoms with Crippen LogP contribution in [0.1, 0.15) is 20.3 Å². The van der Waals surface area contributed by atoms with Gasteiger partial charge in [-0.25, -0.2) is 4.79 Å². The summed E-state index contributed by atoms with van der Waals surface area (Å²) in [5, 5.41) is 8.24. The molecular weight excluding hydrogens is 152 g/mol. The summed E-state index contributed by atoms with van der Waals surface area (Å²) >= 11 is 0. The Kier molecular flexibility index (Phi) is 10.7. The zero-order chi connectivity index (χ0) is 9.98. The molecule has 0 amide bonds. The van der Waals surface area contributed by atoms with Crippen LogP contribution in [0, 0.1) is 0 Å². The lowest BCUT2D eigenvalue weighted by Gasteiger charge is -1.87. The molecular formula is C10H16O2.